The minimum absolute atomic E-state index is 0.564. The van der Waals surface area contributed by atoms with Crippen molar-refractivity contribution in [3.05, 3.63) is 0 Å². The topological polar surface area (TPSA) is 52.3 Å². The first-order chi connectivity index (χ1) is 3.18. The Morgan fingerprint density at radius 1 is 2.00 bits per heavy atom. The maximum Gasteiger partial charge on any atom is 0.256 e. The Morgan fingerprint density at radius 3 is 2.43 bits per heavy atom. The second-order valence-electron chi connectivity index (χ2n) is 0.990. The van der Waals surface area contributed by atoms with Crippen LogP contribution in [0.1, 0.15) is 0 Å². The summed E-state index contributed by atoms with van der Waals surface area (Å²) in [4.78, 5) is 9.95. The van der Waals surface area contributed by atoms with Gasteiger partial charge in [0.05, 0.1) is 0 Å². The molecule has 2 N–H and O–H groups in total. The number of nitrogens with two attached hydrogens (primary N) is 1. The van der Waals surface area contributed by atoms with Crippen LogP contribution in [0.15, 0.2) is 0 Å². The number of hydrogen-bond donors (Lipinski definition) is 2. The summed E-state index contributed by atoms with van der Waals surface area (Å²) in [7, 11) is 1.36. The monoisotopic (exact) mass is 121 g/mol. The molecule has 0 spiro atoms. The molecule has 0 aliphatic heterocycles. The molecule has 1 atom stereocenters. The van der Waals surface area contributed by atoms with Crippen LogP contribution in [0.5, 0.6) is 0 Å². The first-order valence-electron chi connectivity index (χ1n) is 1.68. The van der Waals surface area contributed by atoms with E-state index in [4.69, 9.17) is 5.73 Å². The maximum absolute atomic E-state index is 9.95. The first kappa shape index (κ1) is 6.78. The van der Waals surface area contributed by atoms with Gasteiger partial charge in [-0.3, -0.25) is 4.79 Å². The van der Waals surface area contributed by atoms with Crippen LogP contribution in [-0.2, 0) is 9.53 Å². The zero-order chi connectivity index (χ0) is 5.86. The van der Waals surface area contributed by atoms with Crippen molar-refractivity contribution in [2.45, 2.75) is 5.44 Å². The average molecular weight is 121 g/mol. The van der Waals surface area contributed by atoms with Gasteiger partial charge in [0.1, 0.15) is 0 Å². The highest BCUT2D eigenvalue weighted by Gasteiger charge is 2.04. The van der Waals surface area contributed by atoms with Crippen molar-refractivity contribution < 1.29 is 9.53 Å². The molecule has 0 bridgehead atoms. The molecule has 0 aromatic carbocycles. The smallest absolute Gasteiger partial charge is 0.256 e. The number of carbonyl (C=O) groups excluding carboxylic acids is 1. The normalized spacial score (nSPS) is 13.4. The molecule has 4 heteroatoms. The zero-order valence-electron chi connectivity index (χ0n) is 3.92. The third kappa shape index (κ3) is 2.47. The summed E-state index contributed by atoms with van der Waals surface area (Å²) in [5, 5.41) is 0. The maximum atomic E-state index is 9.95. The molecule has 7 heavy (non-hydrogen) atoms. The number of thiol groups is 1. The van der Waals surface area contributed by atoms with Gasteiger partial charge in [-0.05, 0) is 0 Å². The summed E-state index contributed by atoms with van der Waals surface area (Å²) in [6, 6.07) is 0. The fraction of sp³-hybridized carbons (Fsp3) is 0.667. The van der Waals surface area contributed by atoms with Gasteiger partial charge in [0.2, 0.25) is 0 Å². The lowest BCUT2D eigenvalue weighted by molar-refractivity contribution is -0.123. The van der Waals surface area contributed by atoms with Crippen molar-refractivity contribution in [2.75, 3.05) is 7.11 Å². The van der Waals surface area contributed by atoms with Crippen molar-refractivity contribution in [3.8, 4) is 0 Å². The molecular formula is C3H7NO2S. The van der Waals surface area contributed by atoms with Crippen molar-refractivity contribution in [1.29, 1.82) is 0 Å². The molecule has 0 aliphatic carbocycles. The van der Waals surface area contributed by atoms with E-state index in [0.717, 1.165) is 0 Å². The number of carbonyl (C=O) groups is 1. The number of hydrogen-bond acceptors (Lipinski definition) is 3. The Balaban J connectivity index is 3.34. The van der Waals surface area contributed by atoms with E-state index in [1.807, 2.05) is 0 Å². The van der Waals surface area contributed by atoms with E-state index in [1.54, 1.807) is 0 Å². The molecule has 0 rings (SSSR count). The SMILES string of the molecule is COC(S)C(N)=O. The van der Waals surface area contributed by atoms with Crippen LogP contribution in [0.25, 0.3) is 0 Å². The van der Waals surface area contributed by atoms with Gasteiger partial charge in [-0.15, -0.1) is 12.6 Å². The third-order valence-corrected chi connectivity index (χ3v) is 0.932. The van der Waals surface area contributed by atoms with Crippen molar-refractivity contribution in [1.82, 2.24) is 0 Å². The molecule has 42 valence electrons. The Bertz CT molecular complexity index is 75.3. The van der Waals surface area contributed by atoms with Crippen LogP contribution in [0.3, 0.4) is 0 Å². The van der Waals surface area contributed by atoms with Crippen molar-refractivity contribution in [2.24, 2.45) is 5.73 Å². The lowest BCUT2D eigenvalue weighted by Crippen LogP contribution is -2.24. The molecule has 0 aromatic rings. The molecule has 0 heterocycles. The third-order valence-electron chi connectivity index (χ3n) is 0.467. The fourth-order valence-corrected chi connectivity index (χ4v) is 0.116. The van der Waals surface area contributed by atoms with Gasteiger partial charge in [-0.1, -0.05) is 0 Å². The highest BCUT2D eigenvalue weighted by molar-refractivity contribution is 7.81. The number of methoxy groups -OCH3 is 1. The summed E-state index contributed by atoms with van der Waals surface area (Å²) >= 11 is 3.63. The van der Waals surface area contributed by atoms with Crippen LogP contribution >= 0.6 is 12.6 Å². The van der Waals surface area contributed by atoms with E-state index < -0.39 is 11.3 Å². The minimum atomic E-state index is -0.764. The van der Waals surface area contributed by atoms with Crippen molar-refractivity contribution in [3.63, 3.8) is 0 Å². The van der Waals surface area contributed by atoms with Gasteiger partial charge >= 0.3 is 0 Å². The fourth-order valence-electron chi connectivity index (χ4n) is 0.116. The van der Waals surface area contributed by atoms with E-state index >= 15 is 0 Å². The standard InChI is InChI=1S/C3H7NO2S/c1-6-3(7)2(4)5/h3,7H,1H3,(H2,4,5). The zero-order valence-corrected chi connectivity index (χ0v) is 4.81. The number of rotatable bonds is 2. The molecule has 0 radical (unpaired) electrons. The molecule has 1 unspecified atom stereocenters. The molecule has 0 aliphatic rings. The highest BCUT2D eigenvalue weighted by atomic mass is 32.1. The van der Waals surface area contributed by atoms with Crippen LogP contribution < -0.4 is 5.73 Å². The molecule has 1 amide bonds. The van der Waals surface area contributed by atoms with Crippen LogP contribution in [0.2, 0.25) is 0 Å². The Morgan fingerprint density at radius 2 is 2.43 bits per heavy atom. The molecule has 0 aromatic heterocycles. The second kappa shape index (κ2) is 2.87. The van der Waals surface area contributed by atoms with E-state index in [9.17, 15) is 4.79 Å². The van der Waals surface area contributed by atoms with Gasteiger partial charge in [0, 0.05) is 7.11 Å². The summed E-state index contributed by atoms with van der Waals surface area (Å²) in [6.07, 6.45) is 0. The predicted octanol–water partition coefficient (Wildman–Crippen LogP) is -0.626. The first-order valence-corrected chi connectivity index (χ1v) is 2.20. The van der Waals surface area contributed by atoms with E-state index in [1.165, 1.54) is 7.11 Å². The number of amides is 1. The second-order valence-corrected chi connectivity index (χ2v) is 1.46. The van der Waals surface area contributed by atoms with Crippen LogP contribution in [0.4, 0.5) is 0 Å². The summed E-state index contributed by atoms with van der Waals surface area (Å²) in [5.74, 6) is -0.564. The van der Waals surface area contributed by atoms with Gasteiger partial charge in [-0.25, -0.2) is 0 Å². The van der Waals surface area contributed by atoms with Gasteiger partial charge in [0.25, 0.3) is 5.91 Å². The van der Waals surface area contributed by atoms with E-state index in [-0.39, 0.29) is 0 Å². The summed E-state index contributed by atoms with van der Waals surface area (Å²) in [5.41, 5.74) is 3.94. The van der Waals surface area contributed by atoms with E-state index in [2.05, 4.69) is 17.4 Å². The Hall–Kier alpha value is -0.220. The predicted molar refractivity (Wildman–Crippen MR) is 29.0 cm³/mol. The lowest BCUT2D eigenvalue weighted by atomic mass is 10.7. The van der Waals surface area contributed by atoms with Crippen LogP contribution in [0, 0.1) is 0 Å². The molecule has 3 nitrogen and oxygen atoms in total. The largest absolute Gasteiger partial charge is 0.367 e. The molecule has 0 saturated heterocycles. The highest BCUT2D eigenvalue weighted by Crippen LogP contribution is 1.90. The van der Waals surface area contributed by atoms with Gasteiger partial charge in [0.15, 0.2) is 5.44 Å². The van der Waals surface area contributed by atoms with Crippen LogP contribution in [-0.4, -0.2) is 18.5 Å². The Labute approximate surface area is 47.2 Å². The van der Waals surface area contributed by atoms with Crippen molar-refractivity contribution >= 4 is 18.5 Å². The average Bonchev–Trinajstić information content (AvgIpc) is 1.65. The van der Waals surface area contributed by atoms with E-state index in [0.29, 0.717) is 0 Å². The van der Waals surface area contributed by atoms with Gasteiger partial charge in [-0.2, -0.15) is 0 Å². The molecule has 0 fully saturated rings. The summed E-state index contributed by atoms with van der Waals surface area (Å²) in [6.45, 7) is 0. The van der Waals surface area contributed by atoms with Gasteiger partial charge < -0.3 is 10.5 Å². The number of ether oxygens (including phenoxy) is 1. The quantitative estimate of drug-likeness (QED) is 0.377. The molecule has 0 saturated carbocycles. The summed E-state index contributed by atoms with van der Waals surface area (Å²) < 4.78 is 4.40. The minimum Gasteiger partial charge on any atom is -0.367 e. The number of primary amides is 1. The molecular weight excluding hydrogens is 114 g/mol. The lowest BCUT2D eigenvalue weighted by Gasteiger charge is -1.99. The Kier molecular flexibility index (Phi) is 2.78.